The third-order valence-electron chi connectivity index (χ3n) is 2.56. The number of hydrogen-bond donors (Lipinski definition) is 1. The number of nitrogens with two attached hydrogens (primary N) is 1. The molecule has 0 fully saturated rings. The van der Waals surface area contributed by atoms with Crippen LogP contribution in [0, 0.1) is 5.41 Å². The van der Waals surface area contributed by atoms with Crippen LogP contribution in [0.3, 0.4) is 0 Å². The minimum absolute atomic E-state index is 0.142. The zero-order valence-electron chi connectivity index (χ0n) is 9.30. The van der Waals surface area contributed by atoms with E-state index in [0.717, 1.165) is 18.6 Å². The topological polar surface area (TPSA) is 43.1 Å². The van der Waals surface area contributed by atoms with Gasteiger partial charge in [0.15, 0.2) is 0 Å². The SMILES string of the molecule is CCC(C)S(=O)CCC(C)(C)CN. The molecule has 0 aliphatic rings. The summed E-state index contributed by atoms with van der Waals surface area (Å²) in [7, 11) is -0.668. The van der Waals surface area contributed by atoms with E-state index in [2.05, 4.69) is 20.8 Å². The Kier molecular flexibility index (Phi) is 5.81. The second kappa shape index (κ2) is 5.76. The standard InChI is InChI=1S/C10H23NOS/c1-5-9(2)13(12)7-6-10(3,4)8-11/h9H,5-8,11H2,1-4H3. The van der Waals surface area contributed by atoms with Gasteiger partial charge in [-0.3, -0.25) is 4.21 Å². The van der Waals surface area contributed by atoms with Crippen LogP contribution >= 0.6 is 0 Å². The molecule has 0 aliphatic heterocycles. The molecule has 0 rings (SSSR count). The quantitative estimate of drug-likeness (QED) is 0.720. The van der Waals surface area contributed by atoms with Crippen molar-refractivity contribution in [2.75, 3.05) is 12.3 Å². The molecule has 0 aromatic rings. The van der Waals surface area contributed by atoms with E-state index in [1.54, 1.807) is 0 Å². The predicted octanol–water partition coefficient (Wildman–Crippen LogP) is 1.91. The van der Waals surface area contributed by atoms with Crippen molar-refractivity contribution in [1.82, 2.24) is 0 Å². The number of hydrogen-bond acceptors (Lipinski definition) is 2. The summed E-state index contributed by atoms with van der Waals surface area (Å²) in [5.41, 5.74) is 5.74. The van der Waals surface area contributed by atoms with Crippen molar-refractivity contribution in [3.05, 3.63) is 0 Å². The second-order valence-corrected chi connectivity index (χ2v) is 6.40. The summed E-state index contributed by atoms with van der Waals surface area (Å²) in [5.74, 6) is 0.791. The minimum atomic E-state index is -0.668. The van der Waals surface area contributed by atoms with Crippen LogP contribution in [0.1, 0.15) is 40.5 Å². The van der Waals surface area contributed by atoms with Crippen molar-refractivity contribution in [3.63, 3.8) is 0 Å². The van der Waals surface area contributed by atoms with Crippen LogP contribution in [-0.2, 0) is 10.8 Å². The normalized spacial score (nSPS) is 17.0. The lowest BCUT2D eigenvalue weighted by molar-refractivity contribution is 0.366. The molecule has 0 aliphatic carbocycles. The first kappa shape index (κ1) is 13.1. The Morgan fingerprint density at radius 2 is 2.00 bits per heavy atom. The van der Waals surface area contributed by atoms with Gasteiger partial charge in [0.05, 0.1) is 0 Å². The Morgan fingerprint density at radius 1 is 1.46 bits per heavy atom. The molecule has 80 valence electrons. The molecule has 0 aromatic heterocycles. The Morgan fingerprint density at radius 3 is 2.38 bits per heavy atom. The summed E-state index contributed by atoms with van der Waals surface area (Å²) in [4.78, 5) is 0. The average Bonchev–Trinajstić information content (AvgIpc) is 2.13. The molecular weight excluding hydrogens is 182 g/mol. The first-order valence-corrected chi connectivity index (χ1v) is 6.38. The second-order valence-electron chi connectivity index (χ2n) is 4.42. The van der Waals surface area contributed by atoms with Crippen molar-refractivity contribution >= 4 is 10.8 Å². The Labute approximate surface area is 84.7 Å². The molecule has 3 heteroatoms. The summed E-state index contributed by atoms with van der Waals surface area (Å²) in [6, 6.07) is 0. The van der Waals surface area contributed by atoms with Crippen LogP contribution in [0.25, 0.3) is 0 Å². The van der Waals surface area contributed by atoms with Crippen molar-refractivity contribution in [2.45, 2.75) is 45.8 Å². The van der Waals surface area contributed by atoms with Gasteiger partial charge in [-0.25, -0.2) is 0 Å². The molecule has 2 nitrogen and oxygen atoms in total. The smallest absolute Gasteiger partial charge is 0.0317 e. The van der Waals surface area contributed by atoms with E-state index in [0.29, 0.717) is 11.8 Å². The maximum atomic E-state index is 11.6. The van der Waals surface area contributed by atoms with Crippen LogP contribution in [0.2, 0.25) is 0 Å². The molecule has 0 saturated heterocycles. The third-order valence-corrected chi connectivity index (χ3v) is 4.39. The largest absolute Gasteiger partial charge is 0.330 e. The minimum Gasteiger partial charge on any atom is -0.330 e. The molecule has 2 unspecified atom stereocenters. The predicted molar refractivity (Wildman–Crippen MR) is 60.2 cm³/mol. The van der Waals surface area contributed by atoms with Gasteiger partial charge in [-0.2, -0.15) is 0 Å². The Hall–Kier alpha value is 0.110. The fourth-order valence-electron chi connectivity index (χ4n) is 0.866. The molecule has 0 amide bonds. The zero-order valence-corrected chi connectivity index (χ0v) is 10.1. The summed E-state index contributed by atoms with van der Waals surface area (Å²) in [5, 5.41) is 0.327. The Balaban J connectivity index is 3.83. The van der Waals surface area contributed by atoms with Gasteiger partial charge in [0, 0.05) is 21.8 Å². The van der Waals surface area contributed by atoms with Gasteiger partial charge in [0.1, 0.15) is 0 Å². The summed E-state index contributed by atoms with van der Waals surface area (Å²) in [6.07, 6.45) is 1.95. The van der Waals surface area contributed by atoms with Gasteiger partial charge in [-0.05, 0) is 24.8 Å². The number of rotatable bonds is 6. The van der Waals surface area contributed by atoms with Crippen molar-refractivity contribution in [2.24, 2.45) is 11.1 Å². The third kappa shape index (κ3) is 5.42. The van der Waals surface area contributed by atoms with Crippen LogP contribution in [-0.4, -0.2) is 21.8 Å². The van der Waals surface area contributed by atoms with Crippen LogP contribution in [0.4, 0.5) is 0 Å². The van der Waals surface area contributed by atoms with Crippen LogP contribution in [0.15, 0.2) is 0 Å². The molecule has 2 atom stereocenters. The highest BCUT2D eigenvalue weighted by atomic mass is 32.2. The van der Waals surface area contributed by atoms with E-state index in [-0.39, 0.29) is 5.41 Å². The molecule has 0 aromatic carbocycles. The van der Waals surface area contributed by atoms with Gasteiger partial charge in [-0.15, -0.1) is 0 Å². The average molecular weight is 205 g/mol. The van der Waals surface area contributed by atoms with Crippen LogP contribution < -0.4 is 5.73 Å². The summed E-state index contributed by atoms with van der Waals surface area (Å²) in [6.45, 7) is 9.05. The van der Waals surface area contributed by atoms with Gasteiger partial charge < -0.3 is 5.73 Å². The Bertz CT molecular complexity index is 168. The lowest BCUT2D eigenvalue weighted by Gasteiger charge is -2.22. The van der Waals surface area contributed by atoms with Crippen LogP contribution in [0.5, 0.6) is 0 Å². The molecule has 0 spiro atoms. The van der Waals surface area contributed by atoms with E-state index in [1.807, 2.05) is 6.92 Å². The van der Waals surface area contributed by atoms with Crippen molar-refractivity contribution < 1.29 is 4.21 Å². The van der Waals surface area contributed by atoms with E-state index < -0.39 is 10.8 Å². The molecule has 0 radical (unpaired) electrons. The molecule has 13 heavy (non-hydrogen) atoms. The lowest BCUT2D eigenvalue weighted by Crippen LogP contribution is -2.26. The first-order chi connectivity index (χ1) is 5.93. The molecule has 2 N–H and O–H groups in total. The first-order valence-electron chi connectivity index (χ1n) is 5.00. The van der Waals surface area contributed by atoms with E-state index >= 15 is 0 Å². The lowest BCUT2D eigenvalue weighted by atomic mass is 9.91. The van der Waals surface area contributed by atoms with Gasteiger partial charge >= 0.3 is 0 Å². The highest BCUT2D eigenvalue weighted by molar-refractivity contribution is 7.85. The van der Waals surface area contributed by atoms with E-state index in [1.165, 1.54) is 0 Å². The van der Waals surface area contributed by atoms with Crippen molar-refractivity contribution in [1.29, 1.82) is 0 Å². The van der Waals surface area contributed by atoms with Gasteiger partial charge in [0.2, 0.25) is 0 Å². The van der Waals surface area contributed by atoms with Crippen molar-refractivity contribution in [3.8, 4) is 0 Å². The van der Waals surface area contributed by atoms with Gasteiger partial charge in [-0.1, -0.05) is 27.7 Å². The maximum Gasteiger partial charge on any atom is 0.0317 e. The molecule has 0 saturated carbocycles. The summed E-state index contributed by atoms with van der Waals surface area (Å²) >= 11 is 0. The van der Waals surface area contributed by atoms with Gasteiger partial charge in [0.25, 0.3) is 0 Å². The summed E-state index contributed by atoms with van der Waals surface area (Å²) < 4.78 is 11.6. The fraction of sp³-hybridized carbons (Fsp3) is 1.00. The van der Waals surface area contributed by atoms with E-state index in [4.69, 9.17) is 5.73 Å². The molecule has 0 heterocycles. The fourth-order valence-corrected chi connectivity index (χ4v) is 2.39. The van der Waals surface area contributed by atoms with E-state index in [9.17, 15) is 4.21 Å². The maximum absolute atomic E-state index is 11.6. The molecule has 0 bridgehead atoms. The highest BCUT2D eigenvalue weighted by Gasteiger charge is 2.18. The zero-order chi connectivity index (χ0) is 10.5. The highest BCUT2D eigenvalue weighted by Crippen LogP contribution is 2.19. The molecular formula is C10H23NOS. The monoisotopic (exact) mass is 205 g/mol.